The Kier molecular flexibility index (Phi) is 4.06. The highest BCUT2D eigenvalue weighted by molar-refractivity contribution is 9.10. The van der Waals surface area contributed by atoms with Crippen LogP contribution in [0.15, 0.2) is 65.4 Å². The van der Waals surface area contributed by atoms with E-state index in [0.29, 0.717) is 0 Å². The number of anilines is 1. The lowest BCUT2D eigenvalue weighted by atomic mass is 10.1. The molecule has 0 unspecified atom stereocenters. The van der Waals surface area contributed by atoms with Gasteiger partial charge >= 0.3 is 0 Å². The van der Waals surface area contributed by atoms with E-state index in [1.807, 2.05) is 30.6 Å². The molecule has 2 aromatic carbocycles. The molecule has 0 aliphatic rings. The molecule has 3 aromatic rings. The molecule has 3 nitrogen and oxygen atoms in total. The van der Waals surface area contributed by atoms with Gasteiger partial charge < -0.3 is 10.3 Å². The topological polar surface area (TPSA) is 43.8 Å². The number of para-hydroxylation sites is 1. The van der Waals surface area contributed by atoms with Crippen LogP contribution in [0, 0.1) is 0 Å². The van der Waals surface area contributed by atoms with Crippen molar-refractivity contribution in [3.8, 4) is 0 Å². The summed E-state index contributed by atoms with van der Waals surface area (Å²) in [5.74, 6) is 1.04. The molecular weight excluding hydrogens is 326 g/mol. The largest absolute Gasteiger partial charge is 0.398 e. The fourth-order valence-electron chi connectivity index (χ4n) is 2.30. The number of hydrogen-bond donors (Lipinski definition) is 1. The molecule has 0 aliphatic heterocycles. The molecule has 1 aromatic heterocycles. The fourth-order valence-corrected chi connectivity index (χ4v) is 2.56. The van der Waals surface area contributed by atoms with Gasteiger partial charge in [0.2, 0.25) is 0 Å². The molecule has 0 atom stereocenters. The first-order valence-corrected chi connectivity index (χ1v) is 7.59. The summed E-state index contributed by atoms with van der Waals surface area (Å²) in [6, 6.07) is 16.3. The molecule has 0 saturated heterocycles. The molecule has 0 fully saturated rings. The van der Waals surface area contributed by atoms with Gasteiger partial charge in [-0.25, -0.2) is 4.98 Å². The van der Waals surface area contributed by atoms with Crippen LogP contribution in [0.25, 0.3) is 0 Å². The Hall–Kier alpha value is -2.07. The highest BCUT2D eigenvalue weighted by Gasteiger charge is 2.06. The van der Waals surface area contributed by atoms with Gasteiger partial charge in [-0.05, 0) is 29.3 Å². The molecule has 106 valence electrons. The zero-order valence-corrected chi connectivity index (χ0v) is 13.1. The van der Waals surface area contributed by atoms with Crippen LogP contribution >= 0.6 is 15.9 Å². The van der Waals surface area contributed by atoms with Gasteiger partial charge in [0.15, 0.2) is 0 Å². The summed E-state index contributed by atoms with van der Waals surface area (Å²) in [7, 11) is 0. The summed E-state index contributed by atoms with van der Waals surface area (Å²) in [5.41, 5.74) is 9.20. The highest BCUT2D eigenvalue weighted by atomic mass is 79.9. The second kappa shape index (κ2) is 6.14. The van der Waals surface area contributed by atoms with E-state index in [4.69, 9.17) is 5.73 Å². The average molecular weight is 342 g/mol. The van der Waals surface area contributed by atoms with Crippen molar-refractivity contribution in [1.29, 1.82) is 0 Å². The average Bonchev–Trinajstić information content (AvgIpc) is 2.91. The van der Waals surface area contributed by atoms with E-state index in [0.717, 1.165) is 34.5 Å². The highest BCUT2D eigenvalue weighted by Crippen LogP contribution is 2.16. The first-order valence-electron chi connectivity index (χ1n) is 6.80. The minimum Gasteiger partial charge on any atom is -0.398 e. The van der Waals surface area contributed by atoms with Gasteiger partial charge in [0.1, 0.15) is 5.82 Å². The Morgan fingerprint density at radius 1 is 1.05 bits per heavy atom. The molecule has 0 bridgehead atoms. The molecule has 0 aliphatic carbocycles. The van der Waals surface area contributed by atoms with Crippen LogP contribution in [0.4, 0.5) is 5.69 Å². The molecule has 1 heterocycles. The van der Waals surface area contributed by atoms with E-state index in [1.165, 1.54) is 5.56 Å². The fraction of sp³-hybridized carbons (Fsp3) is 0.118. The Morgan fingerprint density at radius 2 is 1.81 bits per heavy atom. The summed E-state index contributed by atoms with van der Waals surface area (Å²) < 4.78 is 3.24. The van der Waals surface area contributed by atoms with Gasteiger partial charge in [-0.15, -0.1) is 0 Å². The van der Waals surface area contributed by atoms with Crippen molar-refractivity contribution in [2.75, 3.05) is 5.73 Å². The minimum absolute atomic E-state index is 0.749. The Balaban J connectivity index is 1.81. The number of hydrogen-bond acceptors (Lipinski definition) is 2. The van der Waals surface area contributed by atoms with Crippen LogP contribution < -0.4 is 5.73 Å². The first kappa shape index (κ1) is 13.9. The standard InChI is InChI=1S/C17H16BrN3/c18-15-7-5-13(6-8-15)11-17-20-9-10-21(17)12-14-3-1-2-4-16(14)19/h1-10H,11-12,19H2. The lowest BCUT2D eigenvalue weighted by Gasteiger charge is -2.10. The zero-order valence-electron chi connectivity index (χ0n) is 11.5. The van der Waals surface area contributed by atoms with Crippen LogP contribution in [-0.4, -0.2) is 9.55 Å². The number of nitrogen functional groups attached to an aromatic ring is 1. The quantitative estimate of drug-likeness (QED) is 0.732. The van der Waals surface area contributed by atoms with E-state index >= 15 is 0 Å². The molecule has 0 amide bonds. The van der Waals surface area contributed by atoms with Crippen molar-refractivity contribution < 1.29 is 0 Å². The molecule has 2 N–H and O–H groups in total. The molecule has 4 heteroatoms. The summed E-state index contributed by atoms with van der Waals surface area (Å²) in [4.78, 5) is 4.47. The lowest BCUT2D eigenvalue weighted by molar-refractivity contribution is 0.742. The first-order chi connectivity index (χ1) is 10.2. The zero-order chi connectivity index (χ0) is 14.7. The van der Waals surface area contributed by atoms with Gasteiger partial charge in [-0.2, -0.15) is 0 Å². The molecule has 3 rings (SSSR count). The molecule has 0 saturated carbocycles. The minimum atomic E-state index is 0.749. The number of nitrogens with zero attached hydrogens (tertiary/aromatic N) is 2. The van der Waals surface area contributed by atoms with Gasteiger partial charge in [-0.1, -0.05) is 46.3 Å². The number of rotatable bonds is 4. The van der Waals surface area contributed by atoms with Crippen LogP contribution in [0.3, 0.4) is 0 Å². The summed E-state index contributed by atoms with van der Waals surface area (Å²) >= 11 is 3.46. The van der Waals surface area contributed by atoms with Gasteiger partial charge in [-0.3, -0.25) is 0 Å². The molecular formula is C17H16BrN3. The molecule has 0 radical (unpaired) electrons. The van der Waals surface area contributed by atoms with E-state index in [2.05, 4.69) is 55.8 Å². The van der Waals surface area contributed by atoms with Crippen molar-refractivity contribution in [3.63, 3.8) is 0 Å². The van der Waals surface area contributed by atoms with Crippen molar-refractivity contribution in [2.24, 2.45) is 0 Å². The van der Waals surface area contributed by atoms with Crippen LogP contribution in [-0.2, 0) is 13.0 Å². The number of benzene rings is 2. The summed E-state index contributed by atoms with van der Waals surface area (Å²) in [6.45, 7) is 0.749. The summed E-state index contributed by atoms with van der Waals surface area (Å²) in [5, 5.41) is 0. The van der Waals surface area contributed by atoms with Gasteiger partial charge in [0, 0.05) is 29.0 Å². The van der Waals surface area contributed by atoms with Crippen molar-refractivity contribution >= 4 is 21.6 Å². The Bertz CT molecular complexity index is 732. The maximum atomic E-state index is 6.02. The van der Waals surface area contributed by atoms with Crippen molar-refractivity contribution in [3.05, 3.63) is 82.3 Å². The van der Waals surface area contributed by atoms with E-state index in [1.54, 1.807) is 0 Å². The SMILES string of the molecule is Nc1ccccc1Cn1ccnc1Cc1ccc(Br)cc1. The Morgan fingerprint density at radius 3 is 2.57 bits per heavy atom. The molecule has 21 heavy (non-hydrogen) atoms. The maximum Gasteiger partial charge on any atom is 0.113 e. The van der Waals surface area contributed by atoms with E-state index in [-0.39, 0.29) is 0 Å². The number of aromatic nitrogens is 2. The second-order valence-electron chi connectivity index (χ2n) is 4.97. The number of halogens is 1. The van der Waals surface area contributed by atoms with Crippen molar-refractivity contribution in [1.82, 2.24) is 9.55 Å². The van der Waals surface area contributed by atoms with Crippen molar-refractivity contribution in [2.45, 2.75) is 13.0 Å². The van der Waals surface area contributed by atoms with Gasteiger partial charge in [0.25, 0.3) is 0 Å². The lowest BCUT2D eigenvalue weighted by Crippen LogP contribution is -2.07. The number of imidazole rings is 1. The maximum absolute atomic E-state index is 6.02. The monoisotopic (exact) mass is 341 g/mol. The van der Waals surface area contributed by atoms with E-state index < -0.39 is 0 Å². The van der Waals surface area contributed by atoms with Gasteiger partial charge in [0.05, 0.1) is 6.54 Å². The normalized spacial score (nSPS) is 10.7. The van der Waals surface area contributed by atoms with E-state index in [9.17, 15) is 0 Å². The summed E-state index contributed by atoms with van der Waals surface area (Å²) in [6.07, 6.45) is 4.65. The predicted octanol–water partition coefficient (Wildman–Crippen LogP) is 3.87. The predicted molar refractivity (Wildman–Crippen MR) is 89.1 cm³/mol. The smallest absolute Gasteiger partial charge is 0.113 e. The number of nitrogens with two attached hydrogens (primary N) is 1. The Labute approximate surface area is 132 Å². The second-order valence-corrected chi connectivity index (χ2v) is 5.89. The third-order valence-electron chi connectivity index (χ3n) is 3.47. The molecule has 0 spiro atoms. The third-order valence-corrected chi connectivity index (χ3v) is 4.00. The third kappa shape index (κ3) is 3.34. The van der Waals surface area contributed by atoms with Crippen LogP contribution in [0.2, 0.25) is 0 Å². The van der Waals surface area contributed by atoms with Crippen LogP contribution in [0.5, 0.6) is 0 Å². The van der Waals surface area contributed by atoms with Crippen LogP contribution in [0.1, 0.15) is 17.0 Å².